The predicted molar refractivity (Wildman–Crippen MR) is 88.0 cm³/mol. The van der Waals surface area contributed by atoms with Gasteiger partial charge < -0.3 is 14.9 Å². The van der Waals surface area contributed by atoms with E-state index in [1.54, 1.807) is 0 Å². The molecule has 22 heavy (non-hydrogen) atoms. The van der Waals surface area contributed by atoms with Gasteiger partial charge in [0.1, 0.15) is 5.76 Å². The molecule has 0 aliphatic carbocycles. The molecular formula is C16H20N2O3S. The number of benzene rings is 1. The number of rotatable bonds is 7. The van der Waals surface area contributed by atoms with Gasteiger partial charge in [-0.2, -0.15) is 0 Å². The van der Waals surface area contributed by atoms with Gasteiger partial charge in [0.05, 0.1) is 11.4 Å². The number of carbonyl (C=O) groups excluding carboxylic acids is 1. The van der Waals surface area contributed by atoms with Crippen LogP contribution in [0.3, 0.4) is 0 Å². The van der Waals surface area contributed by atoms with Crippen molar-refractivity contribution in [2.24, 2.45) is 0 Å². The van der Waals surface area contributed by atoms with Crippen molar-refractivity contribution in [2.75, 3.05) is 17.7 Å². The molecule has 0 atom stereocenters. The van der Waals surface area contributed by atoms with Crippen molar-refractivity contribution in [2.45, 2.75) is 26.0 Å². The summed E-state index contributed by atoms with van der Waals surface area (Å²) in [5.74, 6) is 1.86. The molecule has 0 fully saturated rings. The Kier molecular flexibility index (Phi) is 6.03. The maximum atomic E-state index is 11.9. The first kappa shape index (κ1) is 16.6. The van der Waals surface area contributed by atoms with Crippen LogP contribution in [0, 0.1) is 13.8 Å². The molecule has 0 saturated heterocycles. The third kappa shape index (κ3) is 4.61. The quantitative estimate of drug-likeness (QED) is 0.820. The lowest BCUT2D eigenvalue weighted by Crippen LogP contribution is -2.14. The number of amides is 1. The van der Waals surface area contributed by atoms with Crippen molar-refractivity contribution in [3.8, 4) is 0 Å². The summed E-state index contributed by atoms with van der Waals surface area (Å²) in [6.07, 6.45) is 0.627. The molecule has 0 unspecified atom stereocenters. The number of aromatic nitrogens is 1. The zero-order chi connectivity index (χ0) is 15.9. The van der Waals surface area contributed by atoms with Crippen LogP contribution in [0.25, 0.3) is 0 Å². The van der Waals surface area contributed by atoms with Crippen LogP contribution in [0.2, 0.25) is 0 Å². The SMILES string of the molecule is Cc1noc(C)c1CSCC(=O)Nc1ccc(CCO)cc1. The summed E-state index contributed by atoms with van der Waals surface area (Å²) >= 11 is 1.53. The molecule has 0 bridgehead atoms. The van der Waals surface area contributed by atoms with Crippen molar-refractivity contribution >= 4 is 23.4 Å². The fourth-order valence-electron chi connectivity index (χ4n) is 2.03. The summed E-state index contributed by atoms with van der Waals surface area (Å²) in [6, 6.07) is 7.51. The summed E-state index contributed by atoms with van der Waals surface area (Å²) in [7, 11) is 0. The largest absolute Gasteiger partial charge is 0.396 e. The van der Waals surface area contributed by atoms with Crippen molar-refractivity contribution in [3.05, 3.63) is 46.8 Å². The van der Waals surface area contributed by atoms with Crippen molar-refractivity contribution < 1.29 is 14.4 Å². The van der Waals surface area contributed by atoms with Gasteiger partial charge in [-0.25, -0.2) is 0 Å². The number of hydrogen-bond acceptors (Lipinski definition) is 5. The summed E-state index contributed by atoms with van der Waals surface area (Å²) in [5, 5.41) is 15.6. The number of carbonyl (C=O) groups is 1. The van der Waals surface area contributed by atoms with Crippen molar-refractivity contribution in [1.29, 1.82) is 0 Å². The molecule has 0 radical (unpaired) electrons. The second-order valence-electron chi connectivity index (χ2n) is 5.01. The van der Waals surface area contributed by atoms with E-state index in [2.05, 4.69) is 10.5 Å². The topological polar surface area (TPSA) is 75.4 Å². The third-order valence-corrected chi connectivity index (χ3v) is 4.26. The van der Waals surface area contributed by atoms with E-state index in [0.29, 0.717) is 17.9 Å². The third-order valence-electron chi connectivity index (χ3n) is 3.30. The maximum absolute atomic E-state index is 11.9. The Balaban J connectivity index is 1.78. The highest BCUT2D eigenvalue weighted by molar-refractivity contribution is 7.99. The molecule has 2 aromatic rings. The fourth-order valence-corrected chi connectivity index (χ4v) is 3.01. The van der Waals surface area contributed by atoms with E-state index in [1.165, 1.54) is 11.8 Å². The Morgan fingerprint density at radius 3 is 2.64 bits per heavy atom. The van der Waals surface area contributed by atoms with E-state index in [0.717, 1.165) is 28.3 Å². The normalized spacial score (nSPS) is 10.7. The minimum Gasteiger partial charge on any atom is -0.396 e. The first-order valence-electron chi connectivity index (χ1n) is 7.09. The molecule has 0 aliphatic heterocycles. The summed E-state index contributed by atoms with van der Waals surface area (Å²) in [6.45, 7) is 3.91. The Labute approximate surface area is 134 Å². The second kappa shape index (κ2) is 8.00. The van der Waals surface area contributed by atoms with Crippen LogP contribution in [-0.4, -0.2) is 28.5 Å². The fraction of sp³-hybridized carbons (Fsp3) is 0.375. The zero-order valence-corrected chi connectivity index (χ0v) is 13.6. The molecule has 2 N–H and O–H groups in total. The molecule has 118 valence electrons. The van der Waals surface area contributed by atoms with Gasteiger partial charge in [0.15, 0.2) is 0 Å². The predicted octanol–water partition coefficient (Wildman–Crippen LogP) is 2.70. The molecule has 2 rings (SSSR count). The Bertz CT molecular complexity index is 603. The highest BCUT2D eigenvalue weighted by Gasteiger charge is 2.10. The molecule has 1 aromatic carbocycles. The first-order chi connectivity index (χ1) is 10.6. The van der Waals surface area contributed by atoms with Crippen LogP contribution in [0.4, 0.5) is 5.69 Å². The van der Waals surface area contributed by atoms with Gasteiger partial charge in [0, 0.05) is 23.6 Å². The van der Waals surface area contributed by atoms with Crippen LogP contribution in [0.1, 0.15) is 22.6 Å². The van der Waals surface area contributed by atoms with E-state index < -0.39 is 0 Å². The maximum Gasteiger partial charge on any atom is 0.234 e. The lowest BCUT2D eigenvalue weighted by molar-refractivity contribution is -0.113. The van der Waals surface area contributed by atoms with E-state index in [4.69, 9.17) is 9.63 Å². The highest BCUT2D eigenvalue weighted by atomic mass is 32.2. The monoisotopic (exact) mass is 320 g/mol. The molecule has 1 heterocycles. The van der Waals surface area contributed by atoms with Gasteiger partial charge >= 0.3 is 0 Å². The smallest absolute Gasteiger partial charge is 0.234 e. The second-order valence-corrected chi connectivity index (χ2v) is 6.00. The lowest BCUT2D eigenvalue weighted by atomic mass is 10.1. The van der Waals surface area contributed by atoms with Crippen LogP contribution >= 0.6 is 11.8 Å². The number of hydrogen-bond donors (Lipinski definition) is 2. The van der Waals surface area contributed by atoms with Gasteiger partial charge in [-0.1, -0.05) is 17.3 Å². The van der Waals surface area contributed by atoms with Gasteiger partial charge in [-0.15, -0.1) is 11.8 Å². The minimum absolute atomic E-state index is 0.0355. The summed E-state index contributed by atoms with van der Waals surface area (Å²) < 4.78 is 5.10. The molecule has 1 aromatic heterocycles. The van der Waals surface area contributed by atoms with Crippen LogP contribution in [-0.2, 0) is 17.0 Å². The van der Waals surface area contributed by atoms with Crippen LogP contribution in [0.5, 0.6) is 0 Å². The Hall–Kier alpha value is -1.79. The standard InChI is InChI=1S/C16H20N2O3S/c1-11-15(12(2)21-18-11)9-22-10-16(20)17-14-5-3-13(4-6-14)7-8-19/h3-6,19H,7-10H2,1-2H3,(H,17,20). The van der Waals surface area contributed by atoms with Crippen molar-refractivity contribution in [1.82, 2.24) is 5.16 Å². The number of anilines is 1. The summed E-state index contributed by atoms with van der Waals surface area (Å²) in [4.78, 5) is 11.9. The first-order valence-corrected chi connectivity index (χ1v) is 8.24. The van der Waals surface area contributed by atoms with Crippen LogP contribution in [0.15, 0.2) is 28.8 Å². The van der Waals surface area contributed by atoms with Gasteiger partial charge in [-0.05, 0) is 38.0 Å². The molecule has 0 aliphatic rings. The average Bonchev–Trinajstić information content (AvgIpc) is 2.81. The number of thioether (sulfide) groups is 1. The number of nitrogens with zero attached hydrogens (tertiary/aromatic N) is 1. The average molecular weight is 320 g/mol. The highest BCUT2D eigenvalue weighted by Crippen LogP contribution is 2.19. The van der Waals surface area contributed by atoms with E-state index in [-0.39, 0.29) is 12.5 Å². The van der Waals surface area contributed by atoms with Gasteiger partial charge in [-0.3, -0.25) is 4.79 Å². The molecule has 0 spiro atoms. The minimum atomic E-state index is -0.0355. The van der Waals surface area contributed by atoms with Gasteiger partial charge in [0.2, 0.25) is 5.91 Å². The summed E-state index contributed by atoms with van der Waals surface area (Å²) in [5.41, 5.74) is 3.76. The van der Waals surface area contributed by atoms with E-state index in [1.807, 2.05) is 38.1 Å². The Morgan fingerprint density at radius 1 is 1.32 bits per heavy atom. The van der Waals surface area contributed by atoms with Crippen LogP contribution < -0.4 is 5.32 Å². The zero-order valence-electron chi connectivity index (χ0n) is 12.8. The van der Waals surface area contributed by atoms with E-state index in [9.17, 15) is 4.79 Å². The number of nitrogens with one attached hydrogen (secondary N) is 1. The molecule has 5 nitrogen and oxygen atoms in total. The Morgan fingerprint density at radius 2 is 2.05 bits per heavy atom. The molecule has 1 amide bonds. The lowest BCUT2D eigenvalue weighted by Gasteiger charge is -2.06. The molecular weight excluding hydrogens is 300 g/mol. The van der Waals surface area contributed by atoms with E-state index >= 15 is 0 Å². The molecule has 0 saturated carbocycles. The number of aryl methyl sites for hydroxylation is 2. The van der Waals surface area contributed by atoms with Gasteiger partial charge in [0.25, 0.3) is 0 Å². The number of aliphatic hydroxyl groups excluding tert-OH is 1. The molecule has 6 heteroatoms. The van der Waals surface area contributed by atoms with Crippen molar-refractivity contribution in [3.63, 3.8) is 0 Å². The number of aliphatic hydroxyl groups is 1.